The van der Waals surface area contributed by atoms with Crippen LogP contribution in [0.2, 0.25) is 5.02 Å². The fraction of sp³-hybridized carbons (Fsp3) is 0.217. The molecule has 0 aliphatic heterocycles. The Morgan fingerprint density at radius 1 is 1.09 bits per heavy atom. The fourth-order valence-corrected chi connectivity index (χ4v) is 4.13. The molecule has 0 saturated heterocycles. The van der Waals surface area contributed by atoms with Gasteiger partial charge in [-0.25, -0.2) is 0 Å². The van der Waals surface area contributed by atoms with Crippen LogP contribution >= 0.6 is 39.3 Å². The quantitative estimate of drug-likeness (QED) is 0.276. The number of aryl methyl sites for hydroxylation is 2. The summed E-state index contributed by atoms with van der Waals surface area (Å²) < 4.78 is 2.53. The Bertz CT molecular complexity index is 1200. The van der Waals surface area contributed by atoms with E-state index in [1.165, 1.54) is 11.8 Å². The van der Waals surface area contributed by atoms with Crippen molar-refractivity contribution in [2.24, 2.45) is 0 Å². The second-order valence-corrected chi connectivity index (χ2v) is 9.49. The zero-order valence-corrected chi connectivity index (χ0v) is 21.4. The smallest absolute Gasteiger partial charge is 0.234 e. The maximum atomic E-state index is 12.6. The van der Waals surface area contributed by atoms with Crippen LogP contribution in [0.3, 0.4) is 0 Å². The number of hydrogen-bond acceptors (Lipinski definition) is 5. The number of allylic oxidation sites excluding steroid dienone is 1. The van der Waals surface area contributed by atoms with E-state index in [9.17, 15) is 9.59 Å². The summed E-state index contributed by atoms with van der Waals surface area (Å²) in [5.41, 5.74) is 3.60. The Morgan fingerprint density at radius 2 is 1.79 bits per heavy atom. The molecular weight excluding hydrogens is 526 g/mol. The SMILES string of the molecule is C=CCn1c(CC(=O)Nc2ccc(C)c(C)c2)nnc1SCC(=O)Nc1ccc(Br)c(Cl)c1. The Balaban J connectivity index is 1.62. The number of carbonyl (C=O) groups excluding carboxylic acids is 2. The van der Waals surface area contributed by atoms with Crippen LogP contribution in [0, 0.1) is 13.8 Å². The molecule has 2 N–H and O–H groups in total. The van der Waals surface area contributed by atoms with Gasteiger partial charge in [-0.2, -0.15) is 0 Å². The van der Waals surface area contributed by atoms with Crippen molar-refractivity contribution in [2.45, 2.75) is 32.0 Å². The van der Waals surface area contributed by atoms with Crippen molar-refractivity contribution in [2.75, 3.05) is 16.4 Å². The molecule has 0 saturated carbocycles. The van der Waals surface area contributed by atoms with E-state index in [1.54, 1.807) is 28.8 Å². The summed E-state index contributed by atoms with van der Waals surface area (Å²) in [7, 11) is 0. The Morgan fingerprint density at radius 3 is 2.48 bits per heavy atom. The molecule has 3 aromatic rings. The van der Waals surface area contributed by atoms with Crippen LogP contribution in [0.4, 0.5) is 11.4 Å². The average molecular weight is 549 g/mol. The summed E-state index contributed by atoms with van der Waals surface area (Å²) in [5.74, 6) is 0.217. The third-order valence-corrected chi connectivity index (χ3v) is 6.95. The summed E-state index contributed by atoms with van der Waals surface area (Å²) in [4.78, 5) is 24.9. The van der Waals surface area contributed by atoms with Crippen molar-refractivity contribution < 1.29 is 9.59 Å². The predicted molar refractivity (Wildman–Crippen MR) is 137 cm³/mol. The van der Waals surface area contributed by atoms with Gasteiger partial charge in [0.1, 0.15) is 5.82 Å². The molecule has 0 unspecified atom stereocenters. The van der Waals surface area contributed by atoms with Crippen LogP contribution in [0.25, 0.3) is 0 Å². The predicted octanol–water partition coefficient (Wildman–Crippen LogP) is 5.41. The monoisotopic (exact) mass is 547 g/mol. The number of nitrogens with zero attached hydrogens (tertiary/aromatic N) is 3. The first-order valence-corrected chi connectivity index (χ1v) is 12.2. The average Bonchev–Trinajstić information content (AvgIpc) is 3.13. The molecule has 2 aromatic carbocycles. The van der Waals surface area contributed by atoms with Crippen LogP contribution < -0.4 is 10.6 Å². The molecule has 7 nitrogen and oxygen atoms in total. The van der Waals surface area contributed by atoms with E-state index < -0.39 is 0 Å². The van der Waals surface area contributed by atoms with E-state index in [4.69, 9.17) is 11.6 Å². The molecule has 1 heterocycles. The summed E-state index contributed by atoms with van der Waals surface area (Å²) in [6.07, 6.45) is 1.75. The Labute approximate surface area is 210 Å². The number of aromatic nitrogens is 3. The van der Waals surface area contributed by atoms with Crippen LogP contribution in [-0.2, 0) is 22.6 Å². The number of carbonyl (C=O) groups is 2. The summed E-state index contributed by atoms with van der Waals surface area (Å²) in [6.45, 7) is 8.21. The maximum Gasteiger partial charge on any atom is 0.234 e. The summed E-state index contributed by atoms with van der Waals surface area (Å²) in [5, 5.41) is 15.1. The lowest BCUT2D eigenvalue weighted by Gasteiger charge is -2.10. The highest BCUT2D eigenvalue weighted by Crippen LogP contribution is 2.26. The number of amides is 2. The van der Waals surface area contributed by atoms with Crippen molar-refractivity contribution >= 4 is 62.5 Å². The van der Waals surface area contributed by atoms with E-state index in [1.807, 2.05) is 32.0 Å². The number of halogens is 2. The zero-order valence-electron chi connectivity index (χ0n) is 18.2. The number of nitrogens with one attached hydrogen (secondary N) is 2. The van der Waals surface area contributed by atoms with E-state index >= 15 is 0 Å². The van der Waals surface area contributed by atoms with Crippen LogP contribution in [0.1, 0.15) is 17.0 Å². The van der Waals surface area contributed by atoms with Gasteiger partial charge in [0, 0.05) is 22.4 Å². The standard InChI is InChI=1S/C23H23BrClN5O2S/c1-4-9-30-20(12-21(31)26-16-6-5-14(2)15(3)10-16)28-29-23(30)33-13-22(32)27-17-7-8-18(24)19(25)11-17/h4-8,10-11H,1,9,12-13H2,2-3H3,(H,26,31)(H,27,32). The van der Waals surface area contributed by atoms with E-state index in [-0.39, 0.29) is 24.0 Å². The minimum Gasteiger partial charge on any atom is -0.326 e. The highest BCUT2D eigenvalue weighted by Gasteiger charge is 2.17. The zero-order chi connectivity index (χ0) is 24.0. The van der Waals surface area contributed by atoms with Gasteiger partial charge < -0.3 is 15.2 Å². The maximum absolute atomic E-state index is 12.6. The Hall–Kier alpha value is -2.62. The molecule has 0 atom stereocenters. The van der Waals surface area contributed by atoms with Gasteiger partial charge in [-0.05, 0) is 71.2 Å². The van der Waals surface area contributed by atoms with Gasteiger partial charge in [0.15, 0.2) is 5.16 Å². The molecule has 3 rings (SSSR count). The number of benzene rings is 2. The fourth-order valence-electron chi connectivity index (χ4n) is 2.94. The first-order valence-electron chi connectivity index (χ1n) is 10.0. The molecule has 172 valence electrons. The largest absolute Gasteiger partial charge is 0.326 e. The second-order valence-electron chi connectivity index (χ2n) is 7.29. The first-order chi connectivity index (χ1) is 15.8. The van der Waals surface area contributed by atoms with Crippen molar-refractivity contribution in [1.82, 2.24) is 14.8 Å². The van der Waals surface area contributed by atoms with Gasteiger partial charge in [0.05, 0.1) is 17.2 Å². The number of thioether (sulfide) groups is 1. The topological polar surface area (TPSA) is 88.9 Å². The van der Waals surface area contributed by atoms with Gasteiger partial charge >= 0.3 is 0 Å². The van der Waals surface area contributed by atoms with Gasteiger partial charge in [-0.1, -0.05) is 35.5 Å². The lowest BCUT2D eigenvalue weighted by atomic mass is 10.1. The van der Waals surface area contributed by atoms with Gasteiger partial charge in [0.25, 0.3) is 0 Å². The second kappa shape index (κ2) is 11.5. The molecule has 0 bridgehead atoms. The third-order valence-electron chi connectivity index (χ3n) is 4.75. The molecule has 10 heteroatoms. The van der Waals surface area contributed by atoms with E-state index in [0.29, 0.717) is 28.2 Å². The molecule has 0 spiro atoms. The lowest BCUT2D eigenvalue weighted by Crippen LogP contribution is -2.18. The molecule has 0 aliphatic rings. The first kappa shape index (κ1) is 25.0. The molecule has 2 amide bonds. The summed E-state index contributed by atoms with van der Waals surface area (Å²) >= 11 is 10.6. The molecule has 0 radical (unpaired) electrons. The molecule has 0 aliphatic carbocycles. The molecular formula is C23H23BrClN5O2S. The van der Waals surface area contributed by atoms with E-state index in [2.05, 4.69) is 43.3 Å². The van der Waals surface area contributed by atoms with Crippen LogP contribution in [0.5, 0.6) is 0 Å². The highest BCUT2D eigenvalue weighted by molar-refractivity contribution is 9.10. The van der Waals surface area contributed by atoms with Crippen molar-refractivity contribution in [1.29, 1.82) is 0 Å². The van der Waals surface area contributed by atoms with Gasteiger partial charge in [-0.3, -0.25) is 9.59 Å². The third kappa shape index (κ3) is 6.93. The molecule has 1 aromatic heterocycles. The van der Waals surface area contributed by atoms with Crippen molar-refractivity contribution in [3.05, 3.63) is 75.5 Å². The molecule has 0 fully saturated rings. The number of hydrogen-bond donors (Lipinski definition) is 2. The van der Waals surface area contributed by atoms with Gasteiger partial charge in [-0.15, -0.1) is 16.8 Å². The number of rotatable bonds is 9. The van der Waals surface area contributed by atoms with Crippen molar-refractivity contribution in [3.8, 4) is 0 Å². The molecule has 33 heavy (non-hydrogen) atoms. The van der Waals surface area contributed by atoms with E-state index in [0.717, 1.165) is 21.3 Å². The highest BCUT2D eigenvalue weighted by atomic mass is 79.9. The minimum atomic E-state index is -0.208. The van der Waals surface area contributed by atoms with Crippen molar-refractivity contribution in [3.63, 3.8) is 0 Å². The Kier molecular flexibility index (Phi) is 8.71. The normalized spacial score (nSPS) is 10.7. The lowest BCUT2D eigenvalue weighted by molar-refractivity contribution is -0.116. The number of anilines is 2. The van der Waals surface area contributed by atoms with Crippen LogP contribution in [0.15, 0.2) is 58.7 Å². The van der Waals surface area contributed by atoms with Gasteiger partial charge in [0.2, 0.25) is 11.8 Å². The summed E-state index contributed by atoms with van der Waals surface area (Å²) in [6, 6.07) is 11.0. The minimum absolute atomic E-state index is 0.0535. The van der Waals surface area contributed by atoms with Crippen LogP contribution in [-0.4, -0.2) is 32.3 Å².